The summed E-state index contributed by atoms with van der Waals surface area (Å²) < 4.78 is 2.16. The highest BCUT2D eigenvalue weighted by Crippen LogP contribution is 2.39. The molecule has 2 unspecified atom stereocenters. The standard InChI is InChI=1S/C27H25N5OS/c1-19-9-7-12-21(17-19)31-16-8-14-23(31)26-25(22-13-5-6-15-28-22)30-27(34)32(26)18-24(33)29-20-10-3-2-4-11-20/h2-17,25-26H,18H2,1H3,(H,29,33)(H,30,34). The van der Waals surface area contributed by atoms with E-state index in [0.717, 1.165) is 22.8 Å². The minimum absolute atomic E-state index is 0.119. The number of nitrogens with zero attached hydrogens (tertiary/aromatic N) is 3. The zero-order chi connectivity index (χ0) is 23.5. The molecule has 2 aromatic heterocycles. The lowest BCUT2D eigenvalue weighted by Crippen LogP contribution is -2.37. The Bertz CT molecular complexity index is 1300. The van der Waals surface area contributed by atoms with Crippen LogP contribution in [0, 0.1) is 6.92 Å². The third-order valence-corrected chi connectivity index (χ3v) is 6.28. The van der Waals surface area contributed by atoms with E-state index in [1.54, 1.807) is 6.20 Å². The molecule has 5 rings (SSSR count). The van der Waals surface area contributed by atoms with Gasteiger partial charge in [0.15, 0.2) is 5.11 Å². The number of hydrogen-bond donors (Lipinski definition) is 2. The van der Waals surface area contributed by atoms with E-state index in [4.69, 9.17) is 12.2 Å². The maximum Gasteiger partial charge on any atom is 0.244 e. The number of anilines is 1. The summed E-state index contributed by atoms with van der Waals surface area (Å²) in [6.07, 6.45) is 3.82. The molecule has 1 aliphatic heterocycles. The van der Waals surface area contributed by atoms with Crippen LogP contribution in [0.1, 0.15) is 29.0 Å². The number of rotatable bonds is 6. The first kappa shape index (κ1) is 21.9. The second kappa shape index (κ2) is 9.49. The van der Waals surface area contributed by atoms with Gasteiger partial charge in [-0.15, -0.1) is 0 Å². The summed E-state index contributed by atoms with van der Waals surface area (Å²) in [7, 11) is 0. The molecule has 34 heavy (non-hydrogen) atoms. The van der Waals surface area contributed by atoms with Gasteiger partial charge in [-0.3, -0.25) is 9.78 Å². The first-order valence-electron chi connectivity index (χ1n) is 11.2. The monoisotopic (exact) mass is 467 g/mol. The molecule has 2 atom stereocenters. The highest BCUT2D eigenvalue weighted by molar-refractivity contribution is 7.80. The number of para-hydroxylation sites is 1. The fourth-order valence-corrected chi connectivity index (χ4v) is 4.73. The summed E-state index contributed by atoms with van der Waals surface area (Å²) in [5.74, 6) is -0.129. The Balaban J connectivity index is 1.52. The molecule has 2 N–H and O–H groups in total. The van der Waals surface area contributed by atoms with Crippen LogP contribution in [0.4, 0.5) is 5.69 Å². The van der Waals surface area contributed by atoms with Gasteiger partial charge in [0.05, 0.1) is 17.8 Å². The van der Waals surface area contributed by atoms with E-state index in [1.807, 2.05) is 71.8 Å². The molecule has 2 aromatic carbocycles. The number of thiocarbonyl (C=S) groups is 1. The van der Waals surface area contributed by atoms with Crippen molar-refractivity contribution in [3.63, 3.8) is 0 Å². The van der Waals surface area contributed by atoms with Gasteiger partial charge in [0, 0.05) is 29.5 Å². The van der Waals surface area contributed by atoms with Crippen LogP contribution in [-0.2, 0) is 4.79 Å². The van der Waals surface area contributed by atoms with Crippen LogP contribution in [0.2, 0.25) is 0 Å². The van der Waals surface area contributed by atoms with Crippen LogP contribution in [-0.4, -0.2) is 32.0 Å². The molecule has 3 heterocycles. The summed E-state index contributed by atoms with van der Waals surface area (Å²) in [5.41, 5.74) is 4.90. The molecule has 6 nitrogen and oxygen atoms in total. The maximum atomic E-state index is 13.0. The molecule has 7 heteroatoms. The van der Waals surface area contributed by atoms with Gasteiger partial charge in [-0.05, 0) is 73.2 Å². The van der Waals surface area contributed by atoms with Crippen molar-refractivity contribution in [1.82, 2.24) is 19.8 Å². The third kappa shape index (κ3) is 4.43. The maximum absolute atomic E-state index is 13.0. The zero-order valence-electron chi connectivity index (χ0n) is 18.8. The number of pyridine rings is 1. The van der Waals surface area contributed by atoms with Gasteiger partial charge in [-0.25, -0.2) is 0 Å². The molecule has 0 spiro atoms. The first-order chi connectivity index (χ1) is 16.6. The second-order valence-electron chi connectivity index (χ2n) is 8.31. The highest BCUT2D eigenvalue weighted by Gasteiger charge is 2.42. The summed E-state index contributed by atoms with van der Waals surface area (Å²) in [6.45, 7) is 2.20. The number of aryl methyl sites for hydroxylation is 1. The summed E-state index contributed by atoms with van der Waals surface area (Å²) in [5, 5.41) is 6.92. The molecule has 0 bridgehead atoms. The van der Waals surface area contributed by atoms with Crippen LogP contribution in [0.15, 0.2) is 97.3 Å². The van der Waals surface area contributed by atoms with Gasteiger partial charge in [0.2, 0.25) is 5.91 Å². The number of carbonyl (C=O) groups excluding carboxylic acids is 1. The Morgan fingerprint density at radius 1 is 1.03 bits per heavy atom. The van der Waals surface area contributed by atoms with Crippen molar-refractivity contribution in [2.24, 2.45) is 0 Å². The Morgan fingerprint density at radius 2 is 1.85 bits per heavy atom. The van der Waals surface area contributed by atoms with E-state index in [2.05, 4.69) is 51.4 Å². The van der Waals surface area contributed by atoms with Crippen LogP contribution in [0.5, 0.6) is 0 Å². The fourth-order valence-electron chi connectivity index (χ4n) is 4.42. The summed E-state index contributed by atoms with van der Waals surface area (Å²) in [6, 6.07) is 27.3. The number of carbonyl (C=O) groups is 1. The van der Waals surface area contributed by atoms with Gasteiger partial charge in [0.1, 0.15) is 6.54 Å². The molecule has 1 saturated heterocycles. The molecule has 1 aliphatic rings. The van der Waals surface area contributed by atoms with Crippen molar-refractivity contribution in [3.8, 4) is 5.69 Å². The van der Waals surface area contributed by atoms with Crippen LogP contribution in [0.25, 0.3) is 5.69 Å². The van der Waals surface area contributed by atoms with Gasteiger partial charge < -0.3 is 20.1 Å². The summed E-state index contributed by atoms with van der Waals surface area (Å²) >= 11 is 5.73. The quantitative estimate of drug-likeness (QED) is 0.399. The normalized spacial score (nSPS) is 17.4. The molecular weight excluding hydrogens is 442 g/mol. The van der Waals surface area contributed by atoms with Crippen molar-refractivity contribution < 1.29 is 4.79 Å². The summed E-state index contributed by atoms with van der Waals surface area (Å²) in [4.78, 5) is 19.6. The second-order valence-corrected chi connectivity index (χ2v) is 8.70. The van der Waals surface area contributed by atoms with E-state index in [9.17, 15) is 4.79 Å². The molecule has 0 radical (unpaired) electrons. The van der Waals surface area contributed by atoms with Crippen molar-refractivity contribution >= 4 is 28.9 Å². The Labute approximate surface area is 204 Å². The number of aromatic nitrogens is 2. The SMILES string of the molecule is Cc1cccc(-n2cccc2C2C(c3ccccn3)NC(=S)N2CC(=O)Nc2ccccc2)c1. The molecule has 0 aliphatic carbocycles. The minimum Gasteiger partial charge on any atom is -0.352 e. The average molecular weight is 468 g/mol. The molecule has 1 fully saturated rings. The van der Waals surface area contributed by atoms with Crippen LogP contribution in [0.3, 0.4) is 0 Å². The third-order valence-electron chi connectivity index (χ3n) is 5.93. The Kier molecular flexibility index (Phi) is 6.10. The van der Waals surface area contributed by atoms with Gasteiger partial charge >= 0.3 is 0 Å². The largest absolute Gasteiger partial charge is 0.352 e. The van der Waals surface area contributed by atoms with Gasteiger partial charge in [-0.2, -0.15) is 0 Å². The fraction of sp³-hybridized carbons (Fsp3) is 0.148. The smallest absolute Gasteiger partial charge is 0.244 e. The predicted molar refractivity (Wildman–Crippen MR) is 138 cm³/mol. The Hall–Kier alpha value is -3.97. The Morgan fingerprint density at radius 3 is 2.62 bits per heavy atom. The van der Waals surface area contributed by atoms with Crippen LogP contribution >= 0.6 is 12.2 Å². The number of amides is 1. The molecule has 1 amide bonds. The number of nitrogens with one attached hydrogen (secondary N) is 2. The zero-order valence-corrected chi connectivity index (χ0v) is 19.6. The van der Waals surface area contributed by atoms with Crippen molar-refractivity contribution in [3.05, 3.63) is 114 Å². The van der Waals surface area contributed by atoms with E-state index < -0.39 is 0 Å². The molecule has 170 valence electrons. The first-order valence-corrected chi connectivity index (χ1v) is 11.6. The van der Waals surface area contributed by atoms with E-state index in [0.29, 0.717) is 5.11 Å². The molecular formula is C27H25N5OS. The molecule has 0 saturated carbocycles. The minimum atomic E-state index is -0.223. The molecule has 4 aromatic rings. The predicted octanol–water partition coefficient (Wildman–Crippen LogP) is 4.79. The lowest BCUT2D eigenvalue weighted by Gasteiger charge is -2.28. The van der Waals surface area contributed by atoms with E-state index >= 15 is 0 Å². The lowest BCUT2D eigenvalue weighted by atomic mass is 10.0. The number of hydrogen-bond acceptors (Lipinski definition) is 3. The van der Waals surface area contributed by atoms with E-state index in [1.165, 1.54) is 5.56 Å². The van der Waals surface area contributed by atoms with Crippen LogP contribution < -0.4 is 10.6 Å². The van der Waals surface area contributed by atoms with E-state index in [-0.39, 0.29) is 24.5 Å². The van der Waals surface area contributed by atoms with Crippen molar-refractivity contribution in [2.45, 2.75) is 19.0 Å². The van der Waals surface area contributed by atoms with Crippen molar-refractivity contribution in [2.75, 3.05) is 11.9 Å². The highest BCUT2D eigenvalue weighted by atomic mass is 32.1. The van der Waals surface area contributed by atoms with Gasteiger partial charge in [0.25, 0.3) is 0 Å². The lowest BCUT2D eigenvalue weighted by molar-refractivity contribution is -0.116. The van der Waals surface area contributed by atoms with Crippen molar-refractivity contribution in [1.29, 1.82) is 0 Å². The average Bonchev–Trinajstić information content (AvgIpc) is 3.45. The van der Waals surface area contributed by atoms with Gasteiger partial charge in [-0.1, -0.05) is 36.4 Å². The number of benzene rings is 2. The topological polar surface area (TPSA) is 62.2 Å².